The zero-order chi connectivity index (χ0) is 19.6. The molecule has 1 amide bonds. The van der Waals surface area contributed by atoms with Crippen LogP contribution in [0.3, 0.4) is 0 Å². The van der Waals surface area contributed by atoms with E-state index in [2.05, 4.69) is 4.99 Å². The van der Waals surface area contributed by atoms with Crippen molar-refractivity contribution in [2.45, 2.75) is 17.7 Å². The number of amides is 1. The Morgan fingerprint density at radius 2 is 1.93 bits per heavy atom. The molecule has 1 heterocycles. The molecule has 1 aromatic heterocycles. The molecule has 0 radical (unpaired) electrons. The predicted octanol–water partition coefficient (Wildman–Crippen LogP) is 3.71. The fourth-order valence-corrected chi connectivity index (χ4v) is 5.05. The van der Waals surface area contributed by atoms with Gasteiger partial charge in [-0.25, -0.2) is 12.8 Å². The number of benzene rings is 2. The van der Waals surface area contributed by atoms with Crippen molar-refractivity contribution in [3.63, 3.8) is 0 Å². The van der Waals surface area contributed by atoms with Gasteiger partial charge in [0.25, 0.3) is 0 Å². The summed E-state index contributed by atoms with van der Waals surface area (Å²) >= 11 is 6.97. The van der Waals surface area contributed by atoms with E-state index in [1.54, 1.807) is 17.7 Å². The molecule has 27 heavy (non-hydrogen) atoms. The minimum atomic E-state index is -3.48. The molecule has 0 bridgehead atoms. The topological polar surface area (TPSA) is 68.5 Å². The lowest BCUT2D eigenvalue weighted by Gasteiger charge is -2.03. The molecule has 0 fully saturated rings. The van der Waals surface area contributed by atoms with Crippen LogP contribution in [0, 0.1) is 5.82 Å². The van der Waals surface area contributed by atoms with Crippen molar-refractivity contribution in [2.75, 3.05) is 5.75 Å². The molecule has 0 aliphatic heterocycles. The smallest absolute Gasteiger partial charge is 0.248 e. The number of aromatic nitrogens is 1. The lowest BCUT2D eigenvalue weighted by atomic mass is 10.3. The molecule has 3 rings (SSSR count). The van der Waals surface area contributed by atoms with E-state index in [0.717, 1.165) is 5.52 Å². The Bertz CT molecular complexity index is 1170. The normalized spacial score (nSPS) is 12.6. The molecule has 0 aliphatic rings. The molecule has 0 saturated carbocycles. The van der Waals surface area contributed by atoms with Crippen LogP contribution in [-0.4, -0.2) is 24.6 Å². The van der Waals surface area contributed by atoms with Gasteiger partial charge in [-0.3, -0.25) is 4.79 Å². The first-order valence-electron chi connectivity index (χ1n) is 8.07. The van der Waals surface area contributed by atoms with Crippen LogP contribution >= 0.6 is 22.9 Å². The van der Waals surface area contributed by atoms with Crippen molar-refractivity contribution < 1.29 is 17.6 Å². The Hall–Kier alpha value is -2.03. The summed E-state index contributed by atoms with van der Waals surface area (Å²) in [7, 11) is -1.73. The van der Waals surface area contributed by atoms with Crippen LogP contribution in [-0.2, 0) is 21.7 Å². The maximum absolute atomic E-state index is 13.3. The number of nitrogens with zero attached hydrogens (tertiary/aromatic N) is 2. The van der Waals surface area contributed by atoms with Crippen LogP contribution in [0.2, 0.25) is 5.02 Å². The molecule has 3 aromatic rings. The first-order chi connectivity index (χ1) is 12.8. The number of aryl methyl sites for hydroxylation is 1. The van der Waals surface area contributed by atoms with E-state index in [0.29, 0.717) is 14.5 Å². The van der Waals surface area contributed by atoms with Crippen LogP contribution in [0.1, 0.15) is 12.8 Å². The molecule has 9 heteroatoms. The summed E-state index contributed by atoms with van der Waals surface area (Å²) in [5.74, 6) is -0.918. The summed E-state index contributed by atoms with van der Waals surface area (Å²) in [5, 5.41) is 0.457. The number of hydrogen-bond donors (Lipinski definition) is 0. The van der Waals surface area contributed by atoms with Gasteiger partial charge in [0.2, 0.25) is 5.91 Å². The molecule has 5 nitrogen and oxygen atoms in total. The summed E-state index contributed by atoms with van der Waals surface area (Å²) in [5.41, 5.74) is 0.776. The molecule has 0 atom stereocenters. The van der Waals surface area contributed by atoms with Crippen LogP contribution in [0.5, 0.6) is 0 Å². The highest BCUT2D eigenvalue weighted by atomic mass is 35.5. The van der Waals surface area contributed by atoms with E-state index >= 15 is 0 Å². The molecular formula is C18H16ClFN2O3S2. The molecule has 0 unspecified atom stereocenters. The van der Waals surface area contributed by atoms with E-state index in [4.69, 9.17) is 11.6 Å². The fraction of sp³-hybridized carbons (Fsp3) is 0.222. The maximum atomic E-state index is 13.3. The minimum absolute atomic E-state index is 0.00935. The summed E-state index contributed by atoms with van der Waals surface area (Å²) in [4.78, 5) is 16.8. The Morgan fingerprint density at radius 1 is 1.22 bits per heavy atom. The Balaban J connectivity index is 1.69. The molecule has 0 spiro atoms. The predicted molar refractivity (Wildman–Crippen MR) is 104 cm³/mol. The number of rotatable bonds is 5. The van der Waals surface area contributed by atoms with Gasteiger partial charge in [0.05, 0.1) is 20.9 Å². The van der Waals surface area contributed by atoms with E-state index in [-0.39, 0.29) is 29.3 Å². The van der Waals surface area contributed by atoms with Crippen molar-refractivity contribution in [1.29, 1.82) is 0 Å². The monoisotopic (exact) mass is 426 g/mol. The lowest BCUT2D eigenvalue weighted by Crippen LogP contribution is -2.14. The van der Waals surface area contributed by atoms with Crippen molar-refractivity contribution >= 4 is 48.9 Å². The van der Waals surface area contributed by atoms with Gasteiger partial charge in [0.15, 0.2) is 14.6 Å². The lowest BCUT2D eigenvalue weighted by molar-refractivity contribution is -0.118. The zero-order valence-corrected chi connectivity index (χ0v) is 16.7. The number of sulfone groups is 1. The molecule has 0 saturated heterocycles. The van der Waals surface area contributed by atoms with Gasteiger partial charge in [-0.15, -0.1) is 0 Å². The Morgan fingerprint density at radius 3 is 2.63 bits per heavy atom. The Labute approximate surface area is 164 Å². The summed E-state index contributed by atoms with van der Waals surface area (Å²) < 4.78 is 40.2. The van der Waals surface area contributed by atoms with E-state index < -0.39 is 15.7 Å². The van der Waals surface area contributed by atoms with E-state index in [9.17, 15) is 17.6 Å². The molecule has 0 N–H and O–H groups in total. The second-order valence-electron chi connectivity index (χ2n) is 5.94. The van der Waals surface area contributed by atoms with Gasteiger partial charge in [-0.1, -0.05) is 22.9 Å². The summed E-state index contributed by atoms with van der Waals surface area (Å²) in [6, 6.07) is 10.3. The number of hydrogen-bond acceptors (Lipinski definition) is 4. The summed E-state index contributed by atoms with van der Waals surface area (Å²) in [6.45, 7) is 0. The van der Waals surface area contributed by atoms with Crippen molar-refractivity contribution in [3.05, 3.63) is 58.1 Å². The van der Waals surface area contributed by atoms with Gasteiger partial charge in [0.1, 0.15) is 5.82 Å². The average molecular weight is 427 g/mol. The van der Waals surface area contributed by atoms with Crippen LogP contribution in [0.4, 0.5) is 4.39 Å². The minimum Gasteiger partial charge on any atom is -0.319 e. The van der Waals surface area contributed by atoms with Gasteiger partial charge in [-0.05, 0) is 48.9 Å². The van der Waals surface area contributed by atoms with E-state index in [1.807, 2.05) is 0 Å². The number of halogens is 2. The molecule has 2 aromatic carbocycles. The van der Waals surface area contributed by atoms with Crippen molar-refractivity contribution in [2.24, 2.45) is 12.0 Å². The third-order valence-corrected chi connectivity index (χ3v) is 7.13. The summed E-state index contributed by atoms with van der Waals surface area (Å²) in [6.07, 6.45) is 0.173. The first kappa shape index (κ1) is 19.7. The number of carbonyl (C=O) groups is 1. The second-order valence-corrected chi connectivity index (χ2v) is 9.49. The third-order valence-electron chi connectivity index (χ3n) is 3.97. The number of fused-ring (bicyclic) bond motifs is 1. The third kappa shape index (κ3) is 4.63. The van der Waals surface area contributed by atoms with E-state index in [1.165, 1.54) is 47.7 Å². The highest BCUT2D eigenvalue weighted by Crippen LogP contribution is 2.18. The SMILES string of the molecule is Cn1c(=NC(=O)CCCS(=O)(=O)c2ccc(Cl)cc2)sc2cc(F)ccc21. The number of thiazole rings is 1. The zero-order valence-electron chi connectivity index (χ0n) is 14.4. The highest BCUT2D eigenvalue weighted by molar-refractivity contribution is 7.91. The first-order valence-corrected chi connectivity index (χ1v) is 10.9. The largest absolute Gasteiger partial charge is 0.319 e. The average Bonchev–Trinajstić information content (AvgIpc) is 2.90. The Kier molecular flexibility index (Phi) is 5.78. The molecular weight excluding hydrogens is 411 g/mol. The molecule has 0 aliphatic carbocycles. The maximum Gasteiger partial charge on any atom is 0.248 e. The van der Waals surface area contributed by atoms with Crippen molar-refractivity contribution in [3.8, 4) is 0 Å². The highest BCUT2D eigenvalue weighted by Gasteiger charge is 2.15. The fourth-order valence-electron chi connectivity index (χ4n) is 2.55. The second kappa shape index (κ2) is 7.92. The molecule has 142 valence electrons. The van der Waals surface area contributed by atoms with Crippen LogP contribution in [0.25, 0.3) is 10.2 Å². The standard InChI is InChI=1S/C18H16ClFN2O3S2/c1-22-15-9-6-13(20)11-16(15)26-18(22)21-17(23)3-2-10-27(24,25)14-7-4-12(19)5-8-14/h4-9,11H,2-3,10H2,1H3. The van der Waals surface area contributed by atoms with Gasteiger partial charge < -0.3 is 4.57 Å². The van der Waals surface area contributed by atoms with Gasteiger partial charge in [-0.2, -0.15) is 4.99 Å². The number of carbonyl (C=O) groups excluding carboxylic acids is 1. The van der Waals surface area contributed by atoms with Crippen molar-refractivity contribution in [1.82, 2.24) is 4.57 Å². The van der Waals surface area contributed by atoms with Gasteiger partial charge >= 0.3 is 0 Å². The van der Waals surface area contributed by atoms with Gasteiger partial charge in [0, 0.05) is 18.5 Å². The van der Waals surface area contributed by atoms with Crippen LogP contribution in [0.15, 0.2) is 52.4 Å². The van der Waals surface area contributed by atoms with Crippen LogP contribution < -0.4 is 4.80 Å². The quantitative estimate of drug-likeness (QED) is 0.624.